The molecule has 0 aromatic heterocycles. The summed E-state index contributed by atoms with van der Waals surface area (Å²) in [4.78, 5) is 11.5. The summed E-state index contributed by atoms with van der Waals surface area (Å²) in [7, 11) is 0.257. The van der Waals surface area contributed by atoms with Crippen LogP contribution in [-0.4, -0.2) is 34.4 Å². The molecule has 0 radical (unpaired) electrons. The van der Waals surface area contributed by atoms with Crippen LogP contribution in [0.25, 0.3) is 0 Å². The number of hydrogen-bond acceptors (Lipinski definition) is 4. The van der Waals surface area contributed by atoms with Crippen LogP contribution >= 0.6 is 0 Å². The zero-order chi connectivity index (χ0) is 18.2. The topological polar surface area (TPSA) is 65.0 Å². The largest absolute Gasteiger partial charge is 0.497 e. The number of methoxy groups -OCH3 is 1. The predicted molar refractivity (Wildman–Crippen MR) is 97.9 cm³/mol. The molecule has 1 rings (SSSR count). The summed E-state index contributed by atoms with van der Waals surface area (Å²) in [5.41, 5.74) is 1.62. The number of nitrogens with zero attached hydrogens (tertiary/aromatic N) is 1. The van der Waals surface area contributed by atoms with E-state index >= 15 is 0 Å². The van der Waals surface area contributed by atoms with Crippen LogP contribution in [0.5, 0.6) is 5.75 Å². The number of ether oxygens (including phenoxy) is 2. The molecular weight excluding hydrogens is 326 g/mol. The van der Waals surface area contributed by atoms with Gasteiger partial charge < -0.3 is 9.47 Å². The fraction of sp³-hybridized carbons (Fsp3) is 0.556. The number of carbonyl (C=O) groups excluding carboxylic acids is 1. The second kappa shape index (κ2) is 9.57. The van der Waals surface area contributed by atoms with Gasteiger partial charge in [0.25, 0.3) is 0 Å². The molecule has 6 heteroatoms. The molecule has 0 aliphatic rings. The highest BCUT2D eigenvalue weighted by molar-refractivity contribution is 7.85. The smallest absolute Gasteiger partial charge is 0.305 e. The number of rotatable bonds is 8. The van der Waals surface area contributed by atoms with Crippen molar-refractivity contribution in [3.63, 3.8) is 0 Å². The van der Waals surface area contributed by atoms with Gasteiger partial charge in [-0.15, -0.1) is 0 Å². The number of hydrogen-bond donors (Lipinski definition) is 0. The third kappa shape index (κ3) is 6.83. The van der Waals surface area contributed by atoms with Gasteiger partial charge in [0, 0.05) is 6.42 Å². The average molecular weight is 353 g/mol. The van der Waals surface area contributed by atoms with E-state index in [9.17, 15) is 9.00 Å². The van der Waals surface area contributed by atoms with Crippen molar-refractivity contribution in [3.8, 4) is 5.75 Å². The van der Waals surface area contributed by atoms with Gasteiger partial charge in [-0.1, -0.05) is 0 Å². The van der Waals surface area contributed by atoms with Crippen molar-refractivity contribution >= 4 is 22.7 Å². The first-order chi connectivity index (χ1) is 11.3. The van der Waals surface area contributed by atoms with E-state index < -0.39 is 15.7 Å². The summed E-state index contributed by atoms with van der Waals surface area (Å²) >= 11 is 0. The van der Waals surface area contributed by atoms with Gasteiger partial charge in [0.2, 0.25) is 0 Å². The molecule has 0 heterocycles. The van der Waals surface area contributed by atoms with Crippen molar-refractivity contribution < 1.29 is 18.5 Å². The maximum Gasteiger partial charge on any atom is 0.305 e. The van der Waals surface area contributed by atoms with Crippen molar-refractivity contribution in [1.29, 1.82) is 0 Å². The summed E-state index contributed by atoms with van der Waals surface area (Å²) in [5.74, 6) is 0.532. The maximum atomic E-state index is 12.4. The summed E-state index contributed by atoms with van der Waals surface area (Å²) in [6.45, 7) is 7.82. The van der Waals surface area contributed by atoms with Crippen LogP contribution < -0.4 is 4.74 Å². The van der Waals surface area contributed by atoms with Crippen LogP contribution in [0.1, 0.15) is 52.5 Å². The van der Waals surface area contributed by atoms with Gasteiger partial charge >= 0.3 is 5.97 Å². The van der Waals surface area contributed by atoms with Crippen molar-refractivity contribution in [2.75, 3.05) is 13.7 Å². The standard InChI is InChI=1S/C18H27NO4S/c1-6-23-17(20)9-7-8-16(19-24(21)18(2,3)4)14-10-12-15(22-5)13-11-14/h10-13H,6-9H2,1-5H3/b19-16-. The molecule has 0 amide bonds. The zero-order valence-corrected chi connectivity index (χ0v) is 15.9. The first-order valence-electron chi connectivity index (χ1n) is 8.07. The minimum Gasteiger partial charge on any atom is -0.497 e. The third-order valence-electron chi connectivity index (χ3n) is 3.24. The lowest BCUT2D eigenvalue weighted by Crippen LogP contribution is -2.21. The predicted octanol–water partition coefficient (Wildman–Crippen LogP) is 3.68. The van der Waals surface area contributed by atoms with E-state index in [0.717, 1.165) is 17.0 Å². The molecule has 1 aromatic carbocycles. The lowest BCUT2D eigenvalue weighted by molar-refractivity contribution is -0.143. The molecule has 24 heavy (non-hydrogen) atoms. The van der Waals surface area contributed by atoms with Crippen molar-refractivity contribution in [3.05, 3.63) is 29.8 Å². The minimum absolute atomic E-state index is 0.219. The molecule has 0 N–H and O–H groups in total. The van der Waals surface area contributed by atoms with E-state index in [2.05, 4.69) is 4.40 Å². The maximum absolute atomic E-state index is 12.4. The van der Waals surface area contributed by atoms with Gasteiger partial charge in [0.05, 0.1) is 24.2 Å². The molecule has 1 atom stereocenters. The summed E-state index contributed by atoms with van der Waals surface area (Å²) in [5, 5.41) is 0. The summed E-state index contributed by atoms with van der Waals surface area (Å²) in [6.07, 6.45) is 1.49. The van der Waals surface area contributed by atoms with Gasteiger partial charge in [0.15, 0.2) is 0 Å². The van der Waals surface area contributed by atoms with Gasteiger partial charge in [-0.2, -0.15) is 4.40 Å². The number of carbonyl (C=O) groups is 1. The Morgan fingerprint density at radius 3 is 2.29 bits per heavy atom. The van der Waals surface area contributed by atoms with E-state index in [1.54, 1.807) is 14.0 Å². The molecule has 0 saturated carbocycles. The highest BCUT2D eigenvalue weighted by atomic mass is 32.2. The molecule has 0 spiro atoms. The van der Waals surface area contributed by atoms with Crippen molar-refractivity contribution in [2.45, 2.75) is 51.7 Å². The van der Waals surface area contributed by atoms with Crippen molar-refractivity contribution in [1.82, 2.24) is 0 Å². The fourth-order valence-electron chi connectivity index (χ4n) is 1.90. The Hall–Kier alpha value is -1.69. The second-order valence-corrected chi connectivity index (χ2v) is 8.19. The highest BCUT2D eigenvalue weighted by Gasteiger charge is 2.20. The monoisotopic (exact) mass is 353 g/mol. The second-order valence-electron chi connectivity index (χ2n) is 6.29. The number of esters is 1. The Morgan fingerprint density at radius 2 is 1.79 bits per heavy atom. The fourth-order valence-corrected chi connectivity index (χ4v) is 2.57. The molecule has 0 aliphatic carbocycles. The average Bonchev–Trinajstić information content (AvgIpc) is 2.53. The van der Waals surface area contributed by atoms with Crippen molar-refractivity contribution in [2.24, 2.45) is 4.40 Å². The first-order valence-corrected chi connectivity index (χ1v) is 9.18. The summed E-state index contributed by atoms with van der Waals surface area (Å²) in [6, 6.07) is 7.47. The van der Waals surface area contributed by atoms with E-state index in [-0.39, 0.29) is 5.97 Å². The molecule has 1 unspecified atom stereocenters. The van der Waals surface area contributed by atoms with Crippen LogP contribution in [0.2, 0.25) is 0 Å². The first kappa shape index (κ1) is 20.4. The van der Waals surface area contributed by atoms with Crippen LogP contribution in [-0.2, 0) is 20.5 Å². The molecule has 5 nitrogen and oxygen atoms in total. The third-order valence-corrected chi connectivity index (χ3v) is 4.67. The summed E-state index contributed by atoms with van der Waals surface area (Å²) < 4.78 is 26.5. The lowest BCUT2D eigenvalue weighted by atomic mass is 10.0. The van der Waals surface area contributed by atoms with E-state index in [4.69, 9.17) is 9.47 Å². The Kier molecular flexibility index (Phi) is 8.11. The van der Waals surface area contributed by atoms with Gasteiger partial charge in [-0.05, 0) is 70.4 Å². The Morgan fingerprint density at radius 1 is 1.17 bits per heavy atom. The van der Waals surface area contributed by atoms with E-state index in [1.807, 2.05) is 45.0 Å². The van der Waals surface area contributed by atoms with Gasteiger partial charge in [0.1, 0.15) is 16.7 Å². The van der Waals surface area contributed by atoms with Gasteiger partial charge in [-0.25, -0.2) is 4.21 Å². The van der Waals surface area contributed by atoms with E-state index in [1.165, 1.54) is 0 Å². The van der Waals surface area contributed by atoms with Crippen LogP contribution in [0.15, 0.2) is 28.7 Å². The van der Waals surface area contributed by atoms with Crippen LogP contribution in [0.4, 0.5) is 0 Å². The number of benzene rings is 1. The Bertz CT molecular complexity index is 588. The molecule has 0 fully saturated rings. The van der Waals surface area contributed by atoms with Crippen LogP contribution in [0.3, 0.4) is 0 Å². The zero-order valence-electron chi connectivity index (χ0n) is 15.1. The van der Waals surface area contributed by atoms with Gasteiger partial charge in [-0.3, -0.25) is 4.79 Å². The Labute approximate surface area is 147 Å². The molecule has 134 valence electrons. The molecule has 0 aliphatic heterocycles. The van der Waals surface area contributed by atoms with E-state index in [0.29, 0.717) is 25.9 Å². The Balaban J connectivity index is 2.92. The highest BCUT2D eigenvalue weighted by Crippen LogP contribution is 2.18. The van der Waals surface area contributed by atoms with Crippen LogP contribution in [0, 0.1) is 0 Å². The molecular formula is C18H27NO4S. The molecule has 0 bridgehead atoms. The quantitative estimate of drug-likeness (QED) is 0.528. The lowest BCUT2D eigenvalue weighted by Gasteiger charge is -2.15. The normalized spacial score (nSPS) is 13.5. The SMILES string of the molecule is CCOC(=O)CCC/C(=N/S(=O)C(C)(C)C)c1ccc(OC)cc1. The minimum atomic E-state index is -1.35. The molecule has 0 saturated heterocycles. The molecule has 1 aromatic rings.